The average Bonchev–Trinajstić information content (AvgIpc) is 2.88. The molecule has 1 amide bonds. The van der Waals surface area contributed by atoms with Gasteiger partial charge in [-0.1, -0.05) is 18.2 Å². The van der Waals surface area contributed by atoms with E-state index in [9.17, 15) is 9.18 Å². The van der Waals surface area contributed by atoms with Gasteiger partial charge in [0.15, 0.2) is 0 Å². The van der Waals surface area contributed by atoms with Crippen LogP contribution in [0, 0.1) is 0 Å². The van der Waals surface area contributed by atoms with E-state index in [4.69, 9.17) is 10.5 Å². The van der Waals surface area contributed by atoms with E-state index in [2.05, 4.69) is 19.9 Å². The van der Waals surface area contributed by atoms with Gasteiger partial charge >= 0.3 is 0 Å². The van der Waals surface area contributed by atoms with E-state index in [-0.39, 0.29) is 18.6 Å². The topological polar surface area (TPSA) is 55.6 Å². The number of nitrogens with two attached hydrogens (primary N) is 1. The van der Waals surface area contributed by atoms with Crippen LogP contribution in [0.3, 0.4) is 0 Å². The molecule has 21 heavy (non-hydrogen) atoms. The molecule has 0 unspecified atom stereocenters. The highest BCUT2D eigenvalue weighted by Gasteiger charge is 2.37. The Balaban J connectivity index is 1.84. The molecule has 2 heterocycles. The molecule has 2 aliphatic rings. The largest absolute Gasteiger partial charge is 0.487 e. The number of fused-ring (bicyclic) bond motifs is 1. The van der Waals surface area contributed by atoms with E-state index in [1.54, 1.807) is 0 Å². The molecule has 1 fully saturated rings. The average molecular weight is 292 g/mol. The van der Waals surface area contributed by atoms with Gasteiger partial charge in [-0.2, -0.15) is 0 Å². The summed E-state index contributed by atoms with van der Waals surface area (Å²) in [5.41, 5.74) is 7.34. The predicted octanol–water partition coefficient (Wildman–Crippen LogP) is 1.80. The molecule has 114 valence electrons. The van der Waals surface area contributed by atoms with Gasteiger partial charge in [-0.15, -0.1) is 0 Å². The molecule has 3 rings (SSSR count). The van der Waals surface area contributed by atoms with Crippen LogP contribution in [-0.2, 0) is 17.8 Å². The summed E-state index contributed by atoms with van der Waals surface area (Å²) in [5, 5.41) is 0. The number of nitrogens with zero attached hydrogens (tertiary/aromatic N) is 1. The Morgan fingerprint density at radius 3 is 3.00 bits per heavy atom. The normalized spacial score (nSPS) is 27.4. The van der Waals surface area contributed by atoms with Crippen molar-refractivity contribution >= 4 is 5.91 Å². The van der Waals surface area contributed by atoms with Gasteiger partial charge in [0.2, 0.25) is 5.91 Å². The number of primary amides is 1. The highest BCUT2D eigenvalue weighted by molar-refractivity contribution is 5.80. The van der Waals surface area contributed by atoms with Gasteiger partial charge < -0.3 is 10.5 Å². The lowest BCUT2D eigenvalue weighted by atomic mass is 10.0. The molecule has 2 atom stereocenters. The number of ether oxygens (including phenoxy) is 1. The third-order valence-corrected chi connectivity index (χ3v) is 4.23. The lowest BCUT2D eigenvalue weighted by Gasteiger charge is -2.23. The third kappa shape index (κ3) is 2.75. The molecule has 4 nitrogen and oxygen atoms in total. The molecule has 1 aromatic carbocycles. The van der Waals surface area contributed by atoms with Crippen LogP contribution in [0.1, 0.15) is 31.4 Å². The predicted molar refractivity (Wildman–Crippen MR) is 77.8 cm³/mol. The third-order valence-electron chi connectivity index (χ3n) is 4.23. The van der Waals surface area contributed by atoms with Gasteiger partial charge in [-0.3, -0.25) is 9.69 Å². The fourth-order valence-corrected chi connectivity index (χ4v) is 3.34. The summed E-state index contributed by atoms with van der Waals surface area (Å²) >= 11 is 0. The molecule has 1 saturated heterocycles. The Morgan fingerprint density at radius 1 is 1.52 bits per heavy atom. The molecule has 0 aliphatic carbocycles. The molecular weight excluding hydrogens is 271 g/mol. The van der Waals surface area contributed by atoms with E-state index >= 15 is 0 Å². The fourth-order valence-electron chi connectivity index (χ4n) is 3.34. The maximum Gasteiger partial charge on any atom is 0.234 e. The number of hydrogen-bond donors (Lipinski definition) is 1. The monoisotopic (exact) mass is 292 g/mol. The Hall–Kier alpha value is -1.62. The Labute approximate surface area is 124 Å². The fraction of sp³-hybridized carbons (Fsp3) is 0.562. The van der Waals surface area contributed by atoms with Gasteiger partial charge in [-0.25, -0.2) is 4.39 Å². The maximum absolute atomic E-state index is 13.6. The molecule has 2 N–H and O–H groups in total. The zero-order chi connectivity index (χ0) is 15.2. The van der Waals surface area contributed by atoms with Crippen LogP contribution in [-0.4, -0.2) is 35.2 Å². The molecule has 0 bridgehead atoms. The van der Waals surface area contributed by atoms with Crippen molar-refractivity contribution in [3.63, 3.8) is 0 Å². The van der Waals surface area contributed by atoms with E-state index in [0.29, 0.717) is 6.54 Å². The van der Waals surface area contributed by atoms with Gasteiger partial charge in [0, 0.05) is 31.5 Å². The minimum atomic E-state index is -0.989. The van der Waals surface area contributed by atoms with Crippen LogP contribution in [0.2, 0.25) is 0 Å². The van der Waals surface area contributed by atoms with Gasteiger partial charge in [0.05, 0.1) is 6.04 Å². The van der Waals surface area contributed by atoms with Crippen LogP contribution >= 0.6 is 0 Å². The minimum absolute atomic E-state index is 0.191. The molecule has 2 aliphatic heterocycles. The first-order chi connectivity index (χ1) is 9.85. The summed E-state index contributed by atoms with van der Waals surface area (Å²) in [6.45, 7) is 4.85. The minimum Gasteiger partial charge on any atom is -0.487 e. The Morgan fingerprint density at radius 2 is 2.29 bits per heavy atom. The number of carbonyl (C=O) groups is 1. The molecule has 5 heteroatoms. The van der Waals surface area contributed by atoms with Crippen LogP contribution in [0.15, 0.2) is 18.2 Å². The van der Waals surface area contributed by atoms with Gasteiger partial charge in [0.25, 0.3) is 0 Å². The molecule has 1 aromatic rings. The standard InChI is InChI=1S/C16H21FN2O2/c1-16(2)7-10-4-3-5-11(14(10)21-16)8-19-9-12(17)6-13(19)15(18)20/h3-5,12-13H,6-9H2,1-2H3,(H2,18,20)/t12-,13+/m1/s1. The van der Waals surface area contributed by atoms with Crippen molar-refractivity contribution in [3.8, 4) is 5.75 Å². The molecule has 0 radical (unpaired) electrons. The number of benzene rings is 1. The summed E-state index contributed by atoms with van der Waals surface area (Å²) in [5.74, 6) is 0.428. The molecule has 0 spiro atoms. The van der Waals surface area contributed by atoms with E-state index < -0.39 is 18.1 Å². The van der Waals surface area contributed by atoms with Crippen molar-refractivity contribution in [3.05, 3.63) is 29.3 Å². The van der Waals surface area contributed by atoms with Crippen LogP contribution in [0.5, 0.6) is 5.75 Å². The van der Waals surface area contributed by atoms with Crippen molar-refractivity contribution in [2.45, 2.75) is 51.0 Å². The van der Waals surface area contributed by atoms with E-state index in [0.717, 1.165) is 17.7 Å². The van der Waals surface area contributed by atoms with Gasteiger partial charge in [-0.05, 0) is 19.4 Å². The number of hydrogen-bond acceptors (Lipinski definition) is 3. The summed E-state index contributed by atoms with van der Waals surface area (Å²) < 4.78 is 19.6. The van der Waals surface area contributed by atoms with Crippen molar-refractivity contribution in [2.24, 2.45) is 5.73 Å². The van der Waals surface area contributed by atoms with Crippen molar-refractivity contribution in [2.75, 3.05) is 6.54 Å². The van der Waals surface area contributed by atoms with Crippen molar-refractivity contribution < 1.29 is 13.9 Å². The number of amides is 1. The second-order valence-corrected chi connectivity index (χ2v) is 6.62. The summed E-state index contributed by atoms with van der Waals surface area (Å²) in [6.07, 6.45) is 0.0642. The van der Waals surface area contributed by atoms with Crippen molar-refractivity contribution in [1.82, 2.24) is 4.90 Å². The summed E-state index contributed by atoms with van der Waals surface area (Å²) in [4.78, 5) is 13.3. The first kappa shape index (κ1) is 14.3. The number of alkyl halides is 1. The zero-order valence-corrected chi connectivity index (χ0v) is 12.4. The Kier molecular flexibility index (Phi) is 3.40. The zero-order valence-electron chi connectivity index (χ0n) is 12.4. The highest BCUT2D eigenvalue weighted by Crippen LogP contribution is 2.38. The van der Waals surface area contributed by atoms with Crippen LogP contribution in [0.25, 0.3) is 0 Å². The molecule has 0 aromatic heterocycles. The summed E-state index contributed by atoms with van der Waals surface area (Å²) in [6, 6.07) is 5.50. The van der Waals surface area contributed by atoms with Gasteiger partial charge in [0.1, 0.15) is 17.5 Å². The van der Waals surface area contributed by atoms with E-state index in [1.807, 2.05) is 17.0 Å². The first-order valence-electron chi connectivity index (χ1n) is 7.33. The van der Waals surface area contributed by atoms with E-state index in [1.165, 1.54) is 5.56 Å². The smallest absolute Gasteiger partial charge is 0.234 e. The summed E-state index contributed by atoms with van der Waals surface area (Å²) in [7, 11) is 0. The SMILES string of the molecule is CC1(C)Cc2cccc(CN3C[C@H](F)C[C@H]3C(N)=O)c2O1. The first-order valence-corrected chi connectivity index (χ1v) is 7.33. The quantitative estimate of drug-likeness (QED) is 0.924. The number of rotatable bonds is 3. The second kappa shape index (κ2) is 4.98. The number of likely N-dealkylation sites (tertiary alicyclic amines) is 1. The number of para-hydroxylation sites is 1. The molecule has 0 saturated carbocycles. The van der Waals surface area contributed by atoms with Crippen LogP contribution in [0.4, 0.5) is 4.39 Å². The Bertz CT molecular complexity index is 573. The number of carbonyl (C=O) groups excluding carboxylic acids is 1. The maximum atomic E-state index is 13.6. The van der Waals surface area contributed by atoms with Crippen LogP contribution < -0.4 is 10.5 Å². The lowest BCUT2D eigenvalue weighted by molar-refractivity contribution is -0.122. The van der Waals surface area contributed by atoms with Crippen molar-refractivity contribution in [1.29, 1.82) is 0 Å². The second-order valence-electron chi connectivity index (χ2n) is 6.62. The highest BCUT2D eigenvalue weighted by atomic mass is 19.1. The molecular formula is C16H21FN2O2. The lowest BCUT2D eigenvalue weighted by Crippen LogP contribution is -2.39. The number of halogens is 1.